The zero-order chi connectivity index (χ0) is 18.8. The second-order valence-corrected chi connectivity index (χ2v) is 6.45. The molecule has 0 saturated carbocycles. The van der Waals surface area contributed by atoms with Crippen molar-refractivity contribution in [3.05, 3.63) is 59.4 Å². The Morgan fingerprint density at radius 1 is 1.15 bits per heavy atom. The maximum absolute atomic E-state index is 12.0. The van der Waals surface area contributed by atoms with Crippen molar-refractivity contribution in [2.45, 2.75) is 39.2 Å². The SMILES string of the molecule is COc1ccncc1CO.Cc1ccc(CC(=O)N2CCCCC2)cc1. The van der Waals surface area contributed by atoms with Crippen molar-refractivity contribution >= 4 is 5.91 Å². The van der Waals surface area contributed by atoms with E-state index in [2.05, 4.69) is 36.2 Å². The minimum atomic E-state index is -0.0307. The molecule has 140 valence electrons. The Balaban J connectivity index is 0.000000209. The molecular weight excluding hydrogens is 328 g/mol. The van der Waals surface area contributed by atoms with E-state index in [1.807, 2.05) is 4.90 Å². The molecular formula is C21H28N2O3. The molecule has 0 aliphatic carbocycles. The summed E-state index contributed by atoms with van der Waals surface area (Å²) >= 11 is 0. The quantitative estimate of drug-likeness (QED) is 0.914. The average Bonchev–Trinajstić information content (AvgIpc) is 2.70. The molecule has 1 saturated heterocycles. The van der Waals surface area contributed by atoms with E-state index in [1.54, 1.807) is 25.6 Å². The number of piperidine rings is 1. The normalized spacial score (nSPS) is 13.6. The van der Waals surface area contributed by atoms with E-state index >= 15 is 0 Å². The van der Waals surface area contributed by atoms with Crippen LogP contribution in [0.2, 0.25) is 0 Å². The number of ether oxygens (including phenoxy) is 1. The molecule has 1 aromatic carbocycles. The number of hydrogen-bond donors (Lipinski definition) is 1. The lowest BCUT2D eigenvalue weighted by molar-refractivity contribution is -0.131. The van der Waals surface area contributed by atoms with Crippen molar-refractivity contribution in [1.29, 1.82) is 0 Å². The summed E-state index contributed by atoms with van der Waals surface area (Å²) in [4.78, 5) is 17.8. The number of pyridine rings is 1. The molecule has 1 amide bonds. The lowest BCUT2D eigenvalue weighted by Crippen LogP contribution is -2.36. The van der Waals surface area contributed by atoms with E-state index in [0.29, 0.717) is 17.7 Å². The molecule has 2 aromatic rings. The fourth-order valence-electron chi connectivity index (χ4n) is 2.87. The molecule has 1 fully saturated rings. The van der Waals surface area contributed by atoms with Crippen LogP contribution in [0.25, 0.3) is 0 Å². The Morgan fingerprint density at radius 3 is 2.42 bits per heavy atom. The first-order valence-electron chi connectivity index (χ1n) is 9.05. The first-order valence-corrected chi connectivity index (χ1v) is 9.05. The van der Waals surface area contributed by atoms with Crippen molar-refractivity contribution in [3.63, 3.8) is 0 Å². The van der Waals surface area contributed by atoms with Gasteiger partial charge in [0.25, 0.3) is 0 Å². The molecule has 26 heavy (non-hydrogen) atoms. The third-order valence-corrected chi connectivity index (χ3v) is 4.43. The molecule has 3 rings (SSSR count). The number of rotatable bonds is 4. The molecule has 1 aliphatic heterocycles. The Morgan fingerprint density at radius 2 is 1.85 bits per heavy atom. The van der Waals surface area contributed by atoms with E-state index in [-0.39, 0.29) is 12.5 Å². The summed E-state index contributed by atoms with van der Waals surface area (Å²) in [7, 11) is 1.56. The van der Waals surface area contributed by atoms with Gasteiger partial charge in [-0.3, -0.25) is 9.78 Å². The molecule has 1 aliphatic rings. The number of aliphatic hydroxyl groups is 1. The van der Waals surface area contributed by atoms with Gasteiger partial charge in [0, 0.05) is 31.0 Å². The second-order valence-electron chi connectivity index (χ2n) is 6.45. The summed E-state index contributed by atoms with van der Waals surface area (Å²) in [5, 5.41) is 8.73. The van der Waals surface area contributed by atoms with Crippen LogP contribution in [-0.4, -0.2) is 41.1 Å². The smallest absolute Gasteiger partial charge is 0.226 e. The van der Waals surface area contributed by atoms with Crippen LogP contribution in [0.3, 0.4) is 0 Å². The average molecular weight is 356 g/mol. The number of aromatic nitrogens is 1. The number of carbonyl (C=O) groups is 1. The van der Waals surface area contributed by atoms with Gasteiger partial charge >= 0.3 is 0 Å². The molecule has 0 radical (unpaired) electrons. The van der Waals surface area contributed by atoms with Gasteiger partial charge in [0.15, 0.2) is 0 Å². The monoisotopic (exact) mass is 356 g/mol. The summed E-state index contributed by atoms with van der Waals surface area (Å²) in [6.07, 6.45) is 7.37. The van der Waals surface area contributed by atoms with Gasteiger partial charge in [-0.15, -0.1) is 0 Å². The summed E-state index contributed by atoms with van der Waals surface area (Å²) in [5.74, 6) is 0.959. The number of aliphatic hydroxyl groups excluding tert-OH is 1. The Kier molecular flexibility index (Phi) is 8.09. The van der Waals surface area contributed by atoms with Gasteiger partial charge in [-0.05, 0) is 37.8 Å². The first-order chi connectivity index (χ1) is 12.6. The highest BCUT2D eigenvalue weighted by Crippen LogP contribution is 2.14. The number of amides is 1. The fourth-order valence-corrected chi connectivity index (χ4v) is 2.87. The molecule has 2 heterocycles. The van der Waals surface area contributed by atoms with Crippen LogP contribution in [0.4, 0.5) is 0 Å². The number of benzene rings is 1. The van der Waals surface area contributed by atoms with Crippen molar-refractivity contribution in [3.8, 4) is 5.75 Å². The van der Waals surface area contributed by atoms with Crippen molar-refractivity contribution in [1.82, 2.24) is 9.88 Å². The predicted molar refractivity (Wildman–Crippen MR) is 102 cm³/mol. The number of hydrogen-bond acceptors (Lipinski definition) is 4. The number of carbonyl (C=O) groups excluding carboxylic acids is 1. The number of aryl methyl sites for hydroxylation is 1. The van der Waals surface area contributed by atoms with Crippen LogP contribution in [0.5, 0.6) is 5.75 Å². The van der Waals surface area contributed by atoms with Gasteiger partial charge in [-0.1, -0.05) is 29.8 Å². The van der Waals surface area contributed by atoms with Gasteiger partial charge in [0.1, 0.15) is 5.75 Å². The van der Waals surface area contributed by atoms with E-state index in [1.165, 1.54) is 24.8 Å². The number of nitrogens with zero attached hydrogens (tertiary/aromatic N) is 2. The summed E-state index contributed by atoms with van der Waals surface area (Å²) < 4.78 is 4.94. The van der Waals surface area contributed by atoms with Crippen LogP contribution in [0, 0.1) is 6.92 Å². The molecule has 1 aromatic heterocycles. The zero-order valence-corrected chi connectivity index (χ0v) is 15.6. The van der Waals surface area contributed by atoms with Gasteiger partial charge in [-0.25, -0.2) is 0 Å². The van der Waals surface area contributed by atoms with Crippen molar-refractivity contribution in [2.24, 2.45) is 0 Å². The van der Waals surface area contributed by atoms with E-state index in [4.69, 9.17) is 9.84 Å². The minimum Gasteiger partial charge on any atom is -0.496 e. The molecule has 5 nitrogen and oxygen atoms in total. The molecule has 1 N–H and O–H groups in total. The number of methoxy groups -OCH3 is 1. The van der Waals surface area contributed by atoms with Crippen LogP contribution < -0.4 is 4.74 Å². The molecule has 0 spiro atoms. The maximum Gasteiger partial charge on any atom is 0.226 e. The van der Waals surface area contributed by atoms with Crippen LogP contribution in [0.1, 0.15) is 36.0 Å². The third kappa shape index (κ3) is 6.15. The van der Waals surface area contributed by atoms with Gasteiger partial charge < -0.3 is 14.7 Å². The zero-order valence-electron chi connectivity index (χ0n) is 15.6. The van der Waals surface area contributed by atoms with Crippen molar-refractivity contribution < 1.29 is 14.6 Å². The van der Waals surface area contributed by atoms with Gasteiger partial charge in [0.2, 0.25) is 5.91 Å². The molecule has 0 unspecified atom stereocenters. The Bertz CT molecular complexity index is 657. The molecule has 0 bridgehead atoms. The van der Waals surface area contributed by atoms with E-state index < -0.39 is 0 Å². The van der Waals surface area contributed by atoms with E-state index in [9.17, 15) is 4.79 Å². The summed E-state index contributed by atoms with van der Waals surface area (Å²) in [6, 6.07) is 9.96. The Labute approximate surface area is 155 Å². The topological polar surface area (TPSA) is 62.7 Å². The van der Waals surface area contributed by atoms with Crippen LogP contribution in [-0.2, 0) is 17.8 Å². The molecule has 0 atom stereocenters. The highest BCUT2D eigenvalue weighted by atomic mass is 16.5. The lowest BCUT2D eigenvalue weighted by atomic mass is 10.1. The highest BCUT2D eigenvalue weighted by Gasteiger charge is 2.16. The van der Waals surface area contributed by atoms with Gasteiger partial charge in [-0.2, -0.15) is 0 Å². The summed E-state index contributed by atoms with van der Waals surface area (Å²) in [6.45, 7) is 3.93. The lowest BCUT2D eigenvalue weighted by Gasteiger charge is -2.26. The van der Waals surface area contributed by atoms with Crippen molar-refractivity contribution in [2.75, 3.05) is 20.2 Å². The number of likely N-dealkylation sites (tertiary alicyclic amines) is 1. The van der Waals surface area contributed by atoms with Crippen LogP contribution >= 0.6 is 0 Å². The standard InChI is InChI=1S/C14H19NO.C7H9NO2/c1-12-5-7-13(8-6-12)11-14(16)15-9-3-2-4-10-15;1-10-7-2-3-8-4-6(7)5-9/h5-8H,2-4,9-11H2,1H3;2-4,9H,5H2,1H3. The highest BCUT2D eigenvalue weighted by molar-refractivity contribution is 5.78. The van der Waals surface area contributed by atoms with Crippen LogP contribution in [0.15, 0.2) is 42.7 Å². The summed E-state index contributed by atoms with van der Waals surface area (Å²) in [5.41, 5.74) is 3.08. The van der Waals surface area contributed by atoms with E-state index in [0.717, 1.165) is 18.7 Å². The Hall–Kier alpha value is -2.40. The minimum absolute atomic E-state index is 0.0307. The first kappa shape index (κ1) is 19.9. The fraction of sp³-hybridized carbons (Fsp3) is 0.429. The largest absolute Gasteiger partial charge is 0.496 e. The second kappa shape index (κ2) is 10.6. The third-order valence-electron chi connectivity index (χ3n) is 4.43. The molecule has 5 heteroatoms. The predicted octanol–water partition coefficient (Wildman–Crippen LogP) is 3.13. The van der Waals surface area contributed by atoms with Gasteiger partial charge in [0.05, 0.1) is 20.1 Å². The maximum atomic E-state index is 12.0.